The number of benzene rings is 3. The van der Waals surface area contributed by atoms with Gasteiger partial charge in [-0.25, -0.2) is 0 Å². The molecule has 0 bridgehead atoms. The third-order valence-corrected chi connectivity index (χ3v) is 16.2. The van der Waals surface area contributed by atoms with Crippen LogP contribution in [-0.4, -0.2) is 120 Å². The Kier molecular flexibility index (Phi) is 25.3. The molecular weight excluding hydrogens is 1030 g/mol. The Balaban J connectivity index is 0.00000560. The number of unbranched alkanes of at least 4 members (excludes halogenated alkanes) is 4. The zero-order valence-electron chi connectivity index (χ0n) is 46.1. The van der Waals surface area contributed by atoms with Crippen molar-refractivity contribution < 1.29 is 38.4 Å². The Morgan fingerprint density at radius 3 is 1.33 bits per heavy atom. The second-order valence-electron chi connectivity index (χ2n) is 21.5. The number of likely N-dealkylation sites (N-methyl/N-ethyl adjacent to an activating group) is 2. The molecule has 3 aromatic rings. The van der Waals surface area contributed by atoms with Gasteiger partial charge in [0.2, 0.25) is 35.4 Å². The summed E-state index contributed by atoms with van der Waals surface area (Å²) < 4.78 is 0. The Labute approximate surface area is 473 Å². The molecule has 2 aliphatic heterocycles. The third-order valence-electron chi connectivity index (χ3n) is 16.2. The number of ketones is 2. The van der Waals surface area contributed by atoms with Crippen LogP contribution in [0.1, 0.15) is 184 Å². The lowest BCUT2D eigenvalue weighted by molar-refractivity contribution is -0.142. The summed E-state index contributed by atoms with van der Waals surface area (Å²) in [5, 5.41) is 18.2. The van der Waals surface area contributed by atoms with Crippen LogP contribution >= 0.6 is 24.8 Å². The van der Waals surface area contributed by atoms with Crippen LogP contribution in [0.15, 0.2) is 72.8 Å². The zero-order valence-corrected chi connectivity index (χ0v) is 47.7. The van der Waals surface area contributed by atoms with E-state index >= 15 is 0 Å². The second-order valence-corrected chi connectivity index (χ2v) is 21.5. The smallest absolute Gasteiger partial charge is 0.245 e. The number of likely N-dealkylation sites (tertiary alicyclic amines) is 2. The average Bonchev–Trinajstić information content (AvgIpc) is 4.20. The van der Waals surface area contributed by atoms with Crippen molar-refractivity contribution in [3.8, 4) is 0 Å². The van der Waals surface area contributed by atoms with E-state index in [-0.39, 0.29) is 96.7 Å². The van der Waals surface area contributed by atoms with Gasteiger partial charge >= 0.3 is 0 Å². The first-order valence-electron chi connectivity index (χ1n) is 28.3. The minimum Gasteiger partial charge on any atom is -0.347 e. The fourth-order valence-corrected chi connectivity index (χ4v) is 11.5. The van der Waals surface area contributed by atoms with Gasteiger partial charge in [-0.05, 0) is 146 Å². The number of Topliss-reactive ketones (excluding diaryl/α,β-unsaturated/α-hetero) is 2. The van der Waals surface area contributed by atoms with Crippen molar-refractivity contribution in [1.29, 1.82) is 0 Å². The summed E-state index contributed by atoms with van der Waals surface area (Å²) in [6.07, 6.45) is 12.8. The van der Waals surface area contributed by atoms with Crippen LogP contribution < -0.4 is 31.9 Å². The molecule has 18 heteroatoms. The first kappa shape index (κ1) is 63.2. The molecule has 7 rings (SSSR count). The van der Waals surface area contributed by atoms with E-state index in [0.29, 0.717) is 101 Å². The number of fused-ring (bicyclic) bond motifs is 2. The highest BCUT2D eigenvalue weighted by atomic mass is 35.5. The Morgan fingerprint density at radius 2 is 0.923 bits per heavy atom. The van der Waals surface area contributed by atoms with E-state index in [1.54, 1.807) is 62.0 Å². The summed E-state index contributed by atoms with van der Waals surface area (Å²) in [4.78, 5) is 112. The van der Waals surface area contributed by atoms with Crippen molar-refractivity contribution in [2.45, 2.75) is 191 Å². The number of aryl methyl sites for hydroxylation is 2. The molecule has 0 spiro atoms. The van der Waals surface area contributed by atoms with E-state index < -0.39 is 36.3 Å². The van der Waals surface area contributed by atoms with Crippen LogP contribution in [0.5, 0.6) is 0 Å². The molecule has 426 valence electrons. The number of hydrogen-bond donors (Lipinski definition) is 6. The Hall–Kier alpha value is -5.68. The van der Waals surface area contributed by atoms with Crippen molar-refractivity contribution in [3.05, 3.63) is 106 Å². The molecule has 8 atom stereocenters. The topological polar surface area (TPSA) is 215 Å². The van der Waals surface area contributed by atoms with E-state index in [0.717, 1.165) is 49.7 Å². The maximum absolute atomic E-state index is 14.2. The number of nitrogens with one attached hydrogen (secondary N) is 6. The lowest BCUT2D eigenvalue weighted by atomic mass is 9.87. The summed E-state index contributed by atoms with van der Waals surface area (Å²) in [6, 6.07) is 19.0. The molecule has 6 amide bonds. The SMILES string of the molecule is CN[C@@H](C)C(=O)N[C@@H](CCCCCC(=O)c1cccc(C(=O)CCCCC[C@H](NC(=O)[C@H](C)NC)C(=O)N2CCC[C@H]2C(=O)N[C@@H]2CCCc3ccccc32)c1)C(=O)N1CCC[C@H]1C(=O)N[C@@H]1CCCc2ccccc21.Cl.Cl. The fourth-order valence-electron chi connectivity index (χ4n) is 11.5. The Bertz CT molecular complexity index is 2380. The van der Waals surface area contributed by atoms with Crippen molar-refractivity contribution in [2.24, 2.45) is 0 Å². The average molecular weight is 1120 g/mol. The molecule has 0 aromatic heterocycles. The zero-order chi connectivity index (χ0) is 54.1. The van der Waals surface area contributed by atoms with Crippen molar-refractivity contribution in [2.75, 3.05) is 27.2 Å². The van der Waals surface area contributed by atoms with Gasteiger partial charge in [0, 0.05) is 37.1 Å². The lowest BCUT2D eigenvalue weighted by Crippen LogP contribution is -2.55. The minimum atomic E-state index is -0.824. The van der Waals surface area contributed by atoms with E-state index in [9.17, 15) is 38.4 Å². The number of halogens is 2. The summed E-state index contributed by atoms with van der Waals surface area (Å²) in [7, 11) is 3.36. The van der Waals surface area contributed by atoms with Gasteiger partial charge in [0.15, 0.2) is 11.6 Å². The number of nitrogens with zero attached hydrogens (tertiary/aromatic N) is 2. The predicted octanol–water partition coefficient (Wildman–Crippen LogP) is 7.35. The second kappa shape index (κ2) is 31.2. The highest BCUT2D eigenvalue weighted by Gasteiger charge is 2.41. The monoisotopic (exact) mass is 1110 g/mol. The maximum atomic E-state index is 14.2. The third kappa shape index (κ3) is 16.7. The predicted molar refractivity (Wildman–Crippen MR) is 307 cm³/mol. The fraction of sp³-hybridized carbons (Fsp3) is 0.567. The van der Waals surface area contributed by atoms with Crippen LogP contribution in [0.25, 0.3) is 0 Å². The molecule has 2 fully saturated rings. The number of amides is 6. The van der Waals surface area contributed by atoms with Crippen LogP contribution in [0, 0.1) is 0 Å². The first-order chi connectivity index (χ1) is 36.8. The van der Waals surface area contributed by atoms with Gasteiger partial charge in [-0.2, -0.15) is 0 Å². The van der Waals surface area contributed by atoms with Gasteiger partial charge in [-0.3, -0.25) is 38.4 Å². The van der Waals surface area contributed by atoms with Gasteiger partial charge in [-0.1, -0.05) is 92.4 Å². The van der Waals surface area contributed by atoms with E-state index in [1.165, 1.54) is 11.1 Å². The molecular formula is C60H84Cl2N8O8. The molecule has 3 aromatic carbocycles. The molecule has 0 radical (unpaired) electrons. The number of carbonyl (C=O) groups is 8. The van der Waals surface area contributed by atoms with Crippen LogP contribution in [0.2, 0.25) is 0 Å². The first-order valence-corrected chi connectivity index (χ1v) is 28.3. The van der Waals surface area contributed by atoms with Crippen molar-refractivity contribution in [1.82, 2.24) is 41.7 Å². The van der Waals surface area contributed by atoms with E-state index in [4.69, 9.17) is 0 Å². The maximum Gasteiger partial charge on any atom is 0.245 e. The van der Waals surface area contributed by atoms with Gasteiger partial charge < -0.3 is 41.7 Å². The van der Waals surface area contributed by atoms with Gasteiger partial charge in [0.25, 0.3) is 0 Å². The standard InChI is InChI=1S/C60H82N8O8.2ClH/c1-39(61-3)55(71)65-49(59(75)67-36-18-32-51(67)57(73)63-47-30-16-22-41-20-11-13-26-45(41)47)28-7-5-9-34-53(69)43-24-15-25-44(38-43)54(70)35-10-6-8-29-50(66-56(72)40(2)62-4)60(76)68-37-19-33-52(68)58(74)64-48-31-17-23-42-21-12-14-27-46(42)48;;/h11-15,20-21,24-27,38-40,47-52,61-62H,5-10,16-19,22-23,28-37H2,1-4H3,(H,63,73)(H,64,74)(H,65,71)(H,66,72);2*1H/t39-,40-,47+,48+,49-,50-,51-,52-;;/m0../s1. The molecule has 2 heterocycles. The van der Waals surface area contributed by atoms with E-state index in [1.807, 2.05) is 24.3 Å². The van der Waals surface area contributed by atoms with Gasteiger partial charge in [0.05, 0.1) is 24.2 Å². The largest absolute Gasteiger partial charge is 0.347 e. The molecule has 4 aliphatic rings. The summed E-state index contributed by atoms with van der Waals surface area (Å²) in [6.45, 7) is 4.32. The number of rotatable bonds is 26. The summed E-state index contributed by atoms with van der Waals surface area (Å²) >= 11 is 0. The quantitative estimate of drug-likeness (QED) is 0.0347. The van der Waals surface area contributed by atoms with Crippen LogP contribution in [0.3, 0.4) is 0 Å². The molecule has 0 saturated carbocycles. The summed E-state index contributed by atoms with van der Waals surface area (Å²) in [5.74, 6) is -1.66. The molecule has 78 heavy (non-hydrogen) atoms. The Morgan fingerprint density at radius 1 is 0.513 bits per heavy atom. The molecule has 0 unspecified atom stereocenters. The van der Waals surface area contributed by atoms with Gasteiger partial charge in [-0.15, -0.1) is 24.8 Å². The number of carbonyl (C=O) groups excluding carboxylic acids is 8. The summed E-state index contributed by atoms with van der Waals surface area (Å²) in [5.41, 5.74) is 5.64. The normalized spacial score (nSPS) is 20.0. The molecule has 2 saturated heterocycles. The number of hydrogen-bond acceptors (Lipinski definition) is 10. The highest BCUT2D eigenvalue weighted by Crippen LogP contribution is 2.32. The van der Waals surface area contributed by atoms with E-state index in [2.05, 4.69) is 56.2 Å². The molecule has 6 N–H and O–H groups in total. The van der Waals surface area contributed by atoms with Crippen molar-refractivity contribution in [3.63, 3.8) is 0 Å². The van der Waals surface area contributed by atoms with Gasteiger partial charge in [0.1, 0.15) is 24.2 Å². The lowest BCUT2D eigenvalue weighted by Gasteiger charge is -2.32. The molecule has 16 nitrogen and oxygen atoms in total. The van der Waals surface area contributed by atoms with Crippen molar-refractivity contribution >= 4 is 71.8 Å². The highest BCUT2D eigenvalue weighted by molar-refractivity contribution is 6.01. The minimum absolute atomic E-state index is 0. The molecule has 2 aliphatic carbocycles. The van der Waals surface area contributed by atoms with Crippen LogP contribution in [0.4, 0.5) is 0 Å². The van der Waals surface area contributed by atoms with Crippen LogP contribution in [-0.2, 0) is 41.6 Å².